The largest absolute Gasteiger partial charge is 0.496 e. The van der Waals surface area contributed by atoms with Crippen LogP contribution in [0.15, 0.2) is 65.5 Å². The van der Waals surface area contributed by atoms with Gasteiger partial charge in [-0.1, -0.05) is 30.3 Å². The van der Waals surface area contributed by atoms with Crippen molar-refractivity contribution in [2.24, 2.45) is 7.05 Å². The molecule has 0 spiro atoms. The lowest BCUT2D eigenvalue weighted by atomic mass is 9.96. The van der Waals surface area contributed by atoms with E-state index in [1.807, 2.05) is 59.5 Å². The van der Waals surface area contributed by atoms with E-state index in [-0.39, 0.29) is 17.5 Å². The number of piperidine rings is 1. The number of ether oxygens (including phenoxy) is 1. The van der Waals surface area contributed by atoms with Crippen LogP contribution >= 0.6 is 0 Å². The topological polar surface area (TPSA) is 98.0 Å². The highest BCUT2D eigenvalue weighted by atomic mass is 16.5. The number of nitrogens with one attached hydrogen (secondary N) is 1. The molecule has 0 radical (unpaired) electrons. The number of likely N-dealkylation sites (tertiary alicyclic amines) is 1. The molecule has 1 saturated heterocycles. The van der Waals surface area contributed by atoms with Crippen LogP contribution in [0, 0.1) is 0 Å². The van der Waals surface area contributed by atoms with Gasteiger partial charge in [0.2, 0.25) is 0 Å². The van der Waals surface area contributed by atoms with E-state index in [9.17, 15) is 9.59 Å². The number of carbonyl (C=O) groups is 1. The van der Waals surface area contributed by atoms with E-state index in [2.05, 4.69) is 15.3 Å². The van der Waals surface area contributed by atoms with Gasteiger partial charge in [-0.3, -0.25) is 9.89 Å². The van der Waals surface area contributed by atoms with Crippen molar-refractivity contribution in [3.8, 4) is 22.7 Å². The van der Waals surface area contributed by atoms with Crippen molar-refractivity contribution in [2.75, 3.05) is 20.2 Å². The van der Waals surface area contributed by atoms with Crippen LogP contribution < -0.4 is 10.4 Å². The first kappa shape index (κ1) is 21.7. The van der Waals surface area contributed by atoms with Crippen molar-refractivity contribution >= 4 is 5.91 Å². The van der Waals surface area contributed by atoms with E-state index < -0.39 is 0 Å². The van der Waals surface area contributed by atoms with Gasteiger partial charge >= 0.3 is 5.69 Å². The van der Waals surface area contributed by atoms with Gasteiger partial charge in [0.15, 0.2) is 0 Å². The Morgan fingerprint density at radius 2 is 1.88 bits per heavy atom. The molecule has 0 bridgehead atoms. The number of H-pyrrole nitrogens is 1. The molecule has 3 heterocycles. The number of methoxy groups -OCH3 is 1. The van der Waals surface area contributed by atoms with E-state index in [4.69, 9.17) is 4.74 Å². The Hall–Kier alpha value is -4.14. The van der Waals surface area contributed by atoms with E-state index in [1.165, 1.54) is 4.68 Å². The highest BCUT2D eigenvalue weighted by Gasteiger charge is 2.31. The Balaban J connectivity index is 1.40. The first-order valence-corrected chi connectivity index (χ1v) is 11.3. The smallest absolute Gasteiger partial charge is 0.350 e. The third kappa shape index (κ3) is 3.89. The van der Waals surface area contributed by atoms with Crippen molar-refractivity contribution in [1.29, 1.82) is 0 Å². The van der Waals surface area contributed by atoms with Crippen LogP contribution in [0.25, 0.3) is 16.9 Å². The second-order valence-corrected chi connectivity index (χ2v) is 8.39. The minimum absolute atomic E-state index is 0.0524. The molecule has 2 aromatic heterocycles. The maximum atomic E-state index is 13.3. The SMILES string of the molecule is COc1ccccc1-c1cc(C(=O)N2CCCC(c3nn(C)c(=O)n3-c3ccccc3)C2)[nH]n1. The number of aromatic amines is 1. The van der Waals surface area contributed by atoms with E-state index in [1.54, 1.807) is 24.8 Å². The van der Waals surface area contributed by atoms with Crippen LogP contribution in [-0.4, -0.2) is 55.6 Å². The summed E-state index contributed by atoms with van der Waals surface area (Å²) in [5.74, 6) is 1.20. The molecule has 34 heavy (non-hydrogen) atoms. The maximum absolute atomic E-state index is 13.3. The molecule has 1 N–H and O–H groups in total. The molecule has 1 atom stereocenters. The molecule has 174 valence electrons. The summed E-state index contributed by atoms with van der Waals surface area (Å²) in [5.41, 5.74) is 2.46. The highest BCUT2D eigenvalue weighted by Crippen LogP contribution is 2.30. The number of hydrogen-bond donors (Lipinski definition) is 1. The first-order valence-electron chi connectivity index (χ1n) is 11.3. The highest BCUT2D eigenvalue weighted by molar-refractivity contribution is 5.93. The van der Waals surface area contributed by atoms with Gasteiger partial charge in [-0.15, -0.1) is 0 Å². The molecule has 2 aromatic carbocycles. The Kier molecular flexibility index (Phi) is 5.75. The summed E-state index contributed by atoms with van der Waals surface area (Å²) in [6.07, 6.45) is 1.67. The average molecular weight is 459 g/mol. The molecule has 9 heteroatoms. The molecular weight excluding hydrogens is 432 g/mol. The molecule has 1 aliphatic rings. The molecule has 0 aliphatic carbocycles. The van der Waals surface area contributed by atoms with E-state index in [0.29, 0.717) is 36.1 Å². The van der Waals surface area contributed by atoms with Crippen LogP contribution in [0.1, 0.15) is 35.1 Å². The molecule has 5 rings (SSSR count). The van der Waals surface area contributed by atoms with Crippen LogP contribution in [-0.2, 0) is 7.05 Å². The number of aromatic nitrogens is 5. The number of rotatable bonds is 5. The predicted molar refractivity (Wildman–Crippen MR) is 127 cm³/mol. The molecule has 4 aromatic rings. The molecular formula is C25H26N6O3. The lowest BCUT2D eigenvalue weighted by Crippen LogP contribution is -2.40. The Labute approximate surface area is 196 Å². The number of hydrogen-bond acceptors (Lipinski definition) is 5. The van der Waals surface area contributed by atoms with E-state index in [0.717, 1.165) is 24.1 Å². The van der Waals surface area contributed by atoms with Gasteiger partial charge in [0.25, 0.3) is 5.91 Å². The van der Waals surface area contributed by atoms with Gasteiger partial charge in [-0.05, 0) is 43.2 Å². The van der Waals surface area contributed by atoms with Gasteiger partial charge in [-0.25, -0.2) is 14.0 Å². The molecule has 0 saturated carbocycles. The zero-order valence-electron chi connectivity index (χ0n) is 19.1. The zero-order valence-corrected chi connectivity index (χ0v) is 19.1. The van der Waals surface area contributed by atoms with Crippen molar-refractivity contribution in [3.05, 3.63) is 82.7 Å². The van der Waals surface area contributed by atoms with Crippen LogP contribution in [0.3, 0.4) is 0 Å². The second kappa shape index (κ2) is 9.01. The Morgan fingerprint density at radius 3 is 2.68 bits per heavy atom. The normalized spacial score (nSPS) is 15.9. The standard InChI is InChI=1S/C25H26N6O3/c1-29-25(33)31(18-10-4-3-5-11-18)23(28-29)17-9-8-14-30(16-17)24(32)21-15-20(26-27-21)19-12-6-7-13-22(19)34-2/h3-7,10-13,15,17H,8-9,14,16H2,1-2H3,(H,26,27). The van der Waals surface area contributed by atoms with Gasteiger partial charge in [0, 0.05) is 31.6 Å². The lowest BCUT2D eigenvalue weighted by Gasteiger charge is -2.32. The summed E-state index contributed by atoms with van der Waals surface area (Å²) in [5, 5.41) is 11.8. The van der Waals surface area contributed by atoms with Gasteiger partial charge in [0.05, 0.1) is 18.5 Å². The summed E-state index contributed by atoms with van der Waals surface area (Å²) in [6.45, 7) is 1.12. The van der Waals surface area contributed by atoms with E-state index >= 15 is 0 Å². The summed E-state index contributed by atoms with van der Waals surface area (Å²) in [7, 11) is 3.26. The minimum Gasteiger partial charge on any atom is -0.496 e. The fraction of sp³-hybridized carbons (Fsp3) is 0.280. The average Bonchev–Trinajstić information content (AvgIpc) is 3.49. The summed E-state index contributed by atoms with van der Waals surface area (Å²) < 4.78 is 8.43. The third-order valence-electron chi connectivity index (χ3n) is 6.23. The molecule has 9 nitrogen and oxygen atoms in total. The Morgan fingerprint density at radius 1 is 1.12 bits per heavy atom. The monoisotopic (exact) mass is 458 g/mol. The first-order chi connectivity index (χ1) is 16.6. The molecule has 1 amide bonds. The minimum atomic E-state index is -0.195. The summed E-state index contributed by atoms with van der Waals surface area (Å²) in [6, 6.07) is 18.8. The lowest BCUT2D eigenvalue weighted by molar-refractivity contribution is 0.0698. The number of aryl methyl sites for hydroxylation is 1. The Bertz CT molecular complexity index is 1370. The fourth-order valence-corrected chi connectivity index (χ4v) is 4.54. The zero-order chi connectivity index (χ0) is 23.7. The summed E-state index contributed by atoms with van der Waals surface area (Å²) in [4.78, 5) is 28.0. The van der Waals surface area contributed by atoms with Crippen LogP contribution in [0.5, 0.6) is 5.75 Å². The number of nitrogens with zero attached hydrogens (tertiary/aromatic N) is 5. The molecule has 1 aliphatic heterocycles. The van der Waals surface area contributed by atoms with Crippen LogP contribution in [0.4, 0.5) is 0 Å². The quantitative estimate of drug-likeness (QED) is 0.496. The molecule has 1 unspecified atom stereocenters. The van der Waals surface area contributed by atoms with Crippen molar-refractivity contribution in [1.82, 2.24) is 29.4 Å². The number of benzene rings is 2. The van der Waals surface area contributed by atoms with Gasteiger partial charge < -0.3 is 9.64 Å². The molecule has 1 fully saturated rings. The number of amides is 1. The maximum Gasteiger partial charge on any atom is 0.350 e. The number of carbonyl (C=O) groups excluding carboxylic acids is 1. The van der Waals surface area contributed by atoms with Crippen molar-refractivity contribution < 1.29 is 9.53 Å². The van der Waals surface area contributed by atoms with Gasteiger partial charge in [-0.2, -0.15) is 10.2 Å². The summed E-state index contributed by atoms with van der Waals surface area (Å²) >= 11 is 0. The van der Waals surface area contributed by atoms with Crippen molar-refractivity contribution in [3.63, 3.8) is 0 Å². The van der Waals surface area contributed by atoms with Crippen LogP contribution in [0.2, 0.25) is 0 Å². The fourth-order valence-electron chi connectivity index (χ4n) is 4.54. The van der Waals surface area contributed by atoms with Gasteiger partial charge in [0.1, 0.15) is 17.3 Å². The third-order valence-corrected chi connectivity index (χ3v) is 6.23. The number of para-hydroxylation sites is 2. The predicted octanol–water partition coefficient (Wildman–Crippen LogP) is 2.99. The van der Waals surface area contributed by atoms with Crippen molar-refractivity contribution in [2.45, 2.75) is 18.8 Å². The second-order valence-electron chi connectivity index (χ2n) is 8.39.